The van der Waals surface area contributed by atoms with Crippen LogP contribution in [-0.2, 0) is 6.54 Å². The molecule has 0 bridgehead atoms. The summed E-state index contributed by atoms with van der Waals surface area (Å²) < 4.78 is 10.7. The highest BCUT2D eigenvalue weighted by molar-refractivity contribution is 9.10. The summed E-state index contributed by atoms with van der Waals surface area (Å²) in [6.45, 7) is 6.37. The van der Waals surface area contributed by atoms with E-state index in [9.17, 15) is 4.79 Å². The van der Waals surface area contributed by atoms with Gasteiger partial charge in [-0.15, -0.1) is 0 Å². The van der Waals surface area contributed by atoms with Crippen LogP contribution >= 0.6 is 15.9 Å². The molecule has 1 aromatic carbocycles. The molecule has 7 heteroatoms. The van der Waals surface area contributed by atoms with Gasteiger partial charge in [0.25, 0.3) is 5.91 Å². The second-order valence-electron chi connectivity index (χ2n) is 7.29. The highest BCUT2D eigenvalue weighted by atomic mass is 79.9. The summed E-state index contributed by atoms with van der Waals surface area (Å²) >= 11 is 3.53. The zero-order valence-electron chi connectivity index (χ0n) is 17.1. The van der Waals surface area contributed by atoms with Crippen LogP contribution in [-0.4, -0.2) is 20.3 Å². The van der Waals surface area contributed by atoms with Crippen molar-refractivity contribution in [2.75, 3.05) is 0 Å². The van der Waals surface area contributed by atoms with E-state index in [1.54, 1.807) is 6.07 Å². The summed E-state index contributed by atoms with van der Waals surface area (Å²) in [6, 6.07) is 15.5. The molecule has 0 fully saturated rings. The number of nitrogens with zero attached hydrogens (tertiary/aromatic N) is 3. The Morgan fingerprint density at radius 3 is 2.47 bits per heavy atom. The van der Waals surface area contributed by atoms with Crippen molar-refractivity contribution in [3.8, 4) is 5.69 Å². The molecular weight excluding hydrogens is 444 g/mol. The molecule has 0 saturated heterocycles. The number of hydrogen-bond donors (Lipinski definition) is 1. The second kappa shape index (κ2) is 8.36. The highest BCUT2D eigenvalue weighted by Crippen LogP contribution is 2.21. The van der Waals surface area contributed by atoms with E-state index in [-0.39, 0.29) is 11.9 Å². The standard InChI is InChI=1S/C23H23BrN4O2/c1-15(18-6-8-19(9-7-18)27-12-4-5-13-27)25-23(29)21-11-10-20(30-21)14-28-17(3)22(24)16(2)26-28/h4-13,15H,14H2,1-3H3,(H,25,29). The average molecular weight is 467 g/mol. The third-order valence-electron chi connectivity index (χ3n) is 5.13. The normalized spacial score (nSPS) is 12.1. The number of carbonyl (C=O) groups excluding carboxylic acids is 1. The first-order valence-electron chi connectivity index (χ1n) is 9.75. The van der Waals surface area contributed by atoms with Gasteiger partial charge in [0.05, 0.1) is 28.4 Å². The maximum Gasteiger partial charge on any atom is 0.287 e. The third kappa shape index (κ3) is 4.11. The number of furan rings is 1. The molecule has 3 aromatic heterocycles. The van der Waals surface area contributed by atoms with E-state index >= 15 is 0 Å². The van der Waals surface area contributed by atoms with E-state index < -0.39 is 0 Å². The number of aryl methyl sites for hydroxylation is 1. The fourth-order valence-corrected chi connectivity index (χ4v) is 3.64. The molecule has 30 heavy (non-hydrogen) atoms. The van der Waals surface area contributed by atoms with Crippen molar-refractivity contribution in [2.24, 2.45) is 0 Å². The van der Waals surface area contributed by atoms with E-state index in [4.69, 9.17) is 4.42 Å². The molecule has 1 amide bonds. The van der Waals surface area contributed by atoms with E-state index in [0.717, 1.165) is 27.1 Å². The first kappa shape index (κ1) is 20.2. The summed E-state index contributed by atoms with van der Waals surface area (Å²) in [5.74, 6) is 0.737. The maximum atomic E-state index is 12.6. The summed E-state index contributed by atoms with van der Waals surface area (Å²) in [4.78, 5) is 12.6. The van der Waals surface area contributed by atoms with Gasteiger partial charge in [0.2, 0.25) is 0 Å². The molecule has 6 nitrogen and oxygen atoms in total. The molecule has 3 heterocycles. The lowest BCUT2D eigenvalue weighted by atomic mass is 10.1. The van der Waals surface area contributed by atoms with E-state index in [0.29, 0.717) is 18.1 Å². The number of carbonyl (C=O) groups is 1. The van der Waals surface area contributed by atoms with E-state index in [1.807, 2.05) is 84.9 Å². The predicted octanol–water partition coefficient (Wildman–Crippen LogP) is 5.19. The fraction of sp³-hybridized carbons (Fsp3) is 0.217. The minimum Gasteiger partial charge on any atom is -0.454 e. The molecule has 1 N–H and O–H groups in total. The summed E-state index contributed by atoms with van der Waals surface area (Å²) in [5.41, 5.74) is 4.05. The van der Waals surface area contributed by atoms with Crippen molar-refractivity contribution in [3.05, 3.63) is 93.9 Å². The molecule has 0 radical (unpaired) electrons. The second-order valence-corrected chi connectivity index (χ2v) is 8.08. The lowest BCUT2D eigenvalue weighted by molar-refractivity contribution is 0.0909. The van der Waals surface area contributed by atoms with Crippen molar-refractivity contribution < 1.29 is 9.21 Å². The minimum absolute atomic E-state index is 0.142. The molecule has 0 spiro atoms. The van der Waals surface area contributed by atoms with Gasteiger partial charge < -0.3 is 14.3 Å². The smallest absolute Gasteiger partial charge is 0.287 e. The van der Waals surface area contributed by atoms with Crippen molar-refractivity contribution in [3.63, 3.8) is 0 Å². The molecule has 1 atom stereocenters. The van der Waals surface area contributed by atoms with Gasteiger partial charge in [0, 0.05) is 18.1 Å². The number of benzene rings is 1. The highest BCUT2D eigenvalue weighted by Gasteiger charge is 2.16. The zero-order valence-corrected chi connectivity index (χ0v) is 18.7. The summed E-state index contributed by atoms with van der Waals surface area (Å²) in [7, 11) is 0. The van der Waals surface area contributed by atoms with Crippen molar-refractivity contribution in [1.82, 2.24) is 19.7 Å². The van der Waals surface area contributed by atoms with Gasteiger partial charge in [-0.3, -0.25) is 9.48 Å². The largest absolute Gasteiger partial charge is 0.454 e. The van der Waals surface area contributed by atoms with Crippen LogP contribution in [0.3, 0.4) is 0 Å². The Hall–Kier alpha value is -3.06. The Balaban J connectivity index is 1.40. The van der Waals surface area contributed by atoms with Gasteiger partial charge in [-0.1, -0.05) is 12.1 Å². The Kier molecular flexibility index (Phi) is 5.63. The first-order valence-corrected chi connectivity index (χ1v) is 10.5. The first-order chi connectivity index (χ1) is 14.4. The molecule has 4 rings (SSSR count). The molecule has 1 unspecified atom stereocenters. The lowest BCUT2D eigenvalue weighted by Crippen LogP contribution is -2.26. The number of amides is 1. The van der Waals surface area contributed by atoms with Gasteiger partial charge in [-0.2, -0.15) is 5.10 Å². The van der Waals surface area contributed by atoms with E-state index in [1.165, 1.54) is 0 Å². The van der Waals surface area contributed by atoms with Crippen LogP contribution in [0.15, 0.2) is 69.8 Å². The quantitative estimate of drug-likeness (QED) is 0.425. The predicted molar refractivity (Wildman–Crippen MR) is 119 cm³/mol. The molecular formula is C23H23BrN4O2. The van der Waals surface area contributed by atoms with Crippen LogP contribution in [0.1, 0.15) is 46.2 Å². The molecule has 0 aliphatic heterocycles. The van der Waals surface area contributed by atoms with Crippen LogP contribution in [0.4, 0.5) is 0 Å². The van der Waals surface area contributed by atoms with Crippen molar-refractivity contribution in [1.29, 1.82) is 0 Å². The monoisotopic (exact) mass is 466 g/mol. The summed E-state index contributed by atoms with van der Waals surface area (Å²) in [6.07, 6.45) is 4.00. The van der Waals surface area contributed by atoms with Gasteiger partial charge in [0.15, 0.2) is 5.76 Å². The number of aromatic nitrogens is 3. The van der Waals surface area contributed by atoms with Crippen LogP contribution in [0.5, 0.6) is 0 Å². The lowest BCUT2D eigenvalue weighted by Gasteiger charge is -2.14. The Labute approximate surface area is 183 Å². The van der Waals surface area contributed by atoms with Crippen molar-refractivity contribution >= 4 is 21.8 Å². The van der Waals surface area contributed by atoms with E-state index in [2.05, 4.69) is 26.3 Å². The maximum absolute atomic E-state index is 12.6. The Morgan fingerprint density at radius 1 is 1.13 bits per heavy atom. The molecule has 0 aliphatic carbocycles. The molecule has 0 aliphatic rings. The van der Waals surface area contributed by atoms with Crippen LogP contribution in [0.25, 0.3) is 5.69 Å². The van der Waals surface area contributed by atoms with Gasteiger partial charge in [0.1, 0.15) is 5.76 Å². The van der Waals surface area contributed by atoms with Crippen molar-refractivity contribution in [2.45, 2.75) is 33.4 Å². The number of halogens is 1. The number of rotatable bonds is 6. The zero-order chi connectivity index (χ0) is 21.3. The summed E-state index contributed by atoms with van der Waals surface area (Å²) in [5, 5.41) is 7.48. The van der Waals surface area contributed by atoms with Gasteiger partial charge in [-0.25, -0.2) is 0 Å². The molecule has 4 aromatic rings. The van der Waals surface area contributed by atoms with Crippen LogP contribution in [0.2, 0.25) is 0 Å². The Bertz CT molecular complexity index is 1160. The fourth-order valence-electron chi connectivity index (χ4n) is 3.35. The van der Waals surface area contributed by atoms with Crippen LogP contribution in [0, 0.1) is 13.8 Å². The third-order valence-corrected chi connectivity index (χ3v) is 6.28. The number of nitrogens with one attached hydrogen (secondary N) is 1. The van der Waals surface area contributed by atoms with Gasteiger partial charge in [-0.05, 0) is 78.7 Å². The Morgan fingerprint density at radius 2 is 1.83 bits per heavy atom. The topological polar surface area (TPSA) is 65.0 Å². The van der Waals surface area contributed by atoms with Crippen LogP contribution < -0.4 is 5.32 Å². The average Bonchev–Trinajstić information content (AvgIpc) is 3.48. The minimum atomic E-state index is -0.238. The van der Waals surface area contributed by atoms with Gasteiger partial charge >= 0.3 is 0 Å². The molecule has 0 saturated carbocycles. The SMILES string of the molecule is Cc1nn(Cc2ccc(C(=O)NC(C)c3ccc(-n4cccc4)cc3)o2)c(C)c1Br. The number of hydrogen-bond acceptors (Lipinski definition) is 3. The molecule has 154 valence electrons.